The first kappa shape index (κ1) is 17.0. The number of amides is 1. The number of oxazole rings is 1. The van der Waals surface area contributed by atoms with Crippen molar-refractivity contribution >= 4 is 11.6 Å². The Bertz CT molecular complexity index is 1100. The van der Waals surface area contributed by atoms with Gasteiger partial charge in [-0.05, 0) is 54.7 Å². The third-order valence-electron chi connectivity index (χ3n) is 5.62. The molecule has 0 saturated heterocycles. The van der Waals surface area contributed by atoms with Crippen LogP contribution in [0.25, 0.3) is 22.5 Å². The van der Waals surface area contributed by atoms with Gasteiger partial charge >= 0.3 is 0 Å². The monoisotopic (exact) mass is 375 g/mol. The molecule has 3 aromatic rings. The Morgan fingerprint density at radius 1 is 1.14 bits per heavy atom. The summed E-state index contributed by atoms with van der Waals surface area (Å²) in [4.78, 5) is 17.9. The predicted octanol–water partition coefficient (Wildman–Crippen LogP) is 3.70. The lowest BCUT2D eigenvalue weighted by atomic mass is 9.91. The van der Waals surface area contributed by atoms with E-state index in [-0.39, 0.29) is 0 Å². The highest BCUT2D eigenvalue weighted by Gasteiger charge is 2.42. The van der Waals surface area contributed by atoms with Crippen molar-refractivity contribution in [1.29, 1.82) is 0 Å². The van der Waals surface area contributed by atoms with Crippen LogP contribution in [0.4, 0.5) is 5.69 Å². The number of nitrogens with two attached hydrogens (primary N) is 1. The molecule has 1 fully saturated rings. The van der Waals surface area contributed by atoms with Gasteiger partial charge in [0.25, 0.3) is 0 Å². The maximum absolute atomic E-state index is 11.4. The number of fused-ring (bicyclic) bond motifs is 3. The minimum atomic E-state index is -0.807. The fraction of sp³-hybridized carbons (Fsp3) is 0.273. The van der Waals surface area contributed by atoms with Gasteiger partial charge in [-0.3, -0.25) is 4.79 Å². The van der Waals surface area contributed by atoms with Gasteiger partial charge in [-0.2, -0.15) is 0 Å². The summed E-state index contributed by atoms with van der Waals surface area (Å²) in [5.74, 6) is 0.761. The van der Waals surface area contributed by atoms with Gasteiger partial charge in [0.15, 0.2) is 17.9 Å². The quantitative estimate of drug-likeness (QED) is 0.728. The molecule has 1 atom stereocenters. The van der Waals surface area contributed by atoms with Crippen LogP contribution < -0.4 is 10.6 Å². The molecule has 28 heavy (non-hydrogen) atoms. The molecule has 6 nitrogen and oxygen atoms in total. The molecule has 2 aromatic carbocycles. The van der Waals surface area contributed by atoms with Gasteiger partial charge in [-0.25, -0.2) is 4.98 Å². The topological polar surface area (TPSA) is 92.6 Å². The Hall–Kier alpha value is -3.12. The summed E-state index contributed by atoms with van der Waals surface area (Å²) < 4.78 is 5.84. The molecule has 2 heterocycles. The SMILES string of the molecule is Cc1nc2c(o1)-c1ccc(-c3ccc(C(N)=O)cc3)c(C)c1N(C1CC1)C2O. The third-order valence-corrected chi connectivity index (χ3v) is 5.62. The van der Waals surface area contributed by atoms with E-state index >= 15 is 0 Å². The van der Waals surface area contributed by atoms with Crippen LogP contribution in [-0.2, 0) is 0 Å². The zero-order chi connectivity index (χ0) is 19.6. The molecule has 5 rings (SSSR count). The van der Waals surface area contributed by atoms with Gasteiger partial charge in [-0.15, -0.1) is 0 Å². The van der Waals surface area contributed by atoms with Crippen molar-refractivity contribution in [3.8, 4) is 22.5 Å². The zero-order valence-corrected chi connectivity index (χ0v) is 15.8. The molecular formula is C22H21N3O3. The first-order chi connectivity index (χ1) is 13.5. The van der Waals surface area contributed by atoms with Crippen LogP contribution in [0.3, 0.4) is 0 Å². The van der Waals surface area contributed by atoms with Crippen LogP contribution in [0.15, 0.2) is 40.8 Å². The predicted molar refractivity (Wildman–Crippen MR) is 106 cm³/mol. The summed E-state index contributed by atoms with van der Waals surface area (Å²) in [5.41, 5.74) is 11.5. The molecule has 2 aliphatic rings. The number of carbonyl (C=O) groups excluding carboxylic acids is 1. The van der Waals surface area contributed by atoms with Gasteiger partial charge in [0.2, 0.25) is 5.91 Å². The van der Waals surface area contributed by atoms with Crippen LogP contribution in [0.2, 0.25) is 0 Å². The molecule has 1 aromatic heterocycles. The number of carbonyl (C=O) groups is 1. The van der Waals surface area contributed by atoms with Crippen LogP contribution in [0.5, 0.6) is 0 Å². The van der Waals surface area contributed by atoms with E-state index in [1.54, 1.807) is 19.1 Å². The van der Waals surface area contributed by atoms with Gasteiger partial charge in [-0.1, -0.05) is 18.2 Å². The highest BCUT2D eigenvalue weighted by atomic mass is 16.4. The van der Waals surface area contributed by atoms with Gasteiger partial charge in [0.05, 0.1) is 5.69 Å². The summed E-state index contributed by atoms with van der Waals surface area (Å²) in [6, 6.07) is 11.7. The average Bonchev–Trinajstić information content (AvgIpc) is 3.43. The van der Waals surface area contributed by atoms with Gasteiger partial charge in [0, 0.05) is 24.1 Å². The molecule has 0 bridgehead atoms. The number of anilines is 1. The van der Waals surface area contributed by atoms with Crippen molar-refractivity contribution in [3.05, 3.63) is 59.1 Å². The standard InChI is InChI=1S/C22H21N3O3/c1-11-16(13-3-5-14(6-4-13)21(23)26)9-10-17-19(11)25(15-7-8-15)22(27)18-20(17)28-12(2)24-18/h3-6,9-10,15,22,27H,7-8H2,1-2H3,(H2,23,26). The van der Waals surface area contributed by atoms with E-state index in [1.165, 1.54) is 0 Å². The van der Waals surface area contributed by atoms with Crippen molar-refractivity contribution in [3.63, 3.8) is 0 Å². The van der Waals surface area contributed by atoms with Crippen LogP contribution >= 0.6 is 0 Å². The lowest BCUT2D eigenvalue weighted by Crippen LogP contribution is -2.34. The molecule has 1 unspecified atom stereocenters. The highest BCUT2D eigenvalue weighted by molar-refractivity contribution is 5.94. The Morgan fingerprint density at radius 3 is 2.46 bits per heavy atom. The number of aliphatic hydroxyl groups is 1. The lowest BCUT2D eigenvalue weighted by molar-refractivity contribution is 0.100. The molecule has 0 radical (unpaired) electrons. The number of benzene rings is 2. The number of aryl methyl sites for hydroxylation is 1. The summed E-state index contributed by atoms with van der Waals surface area (Å²) in [6.45, 7) is 3.86. The van der Waals surface area contributed by atoms with Crippen LogP contribution in [0.1, 0.15) is 46.6 Å². The maximum Gasteiger partial charge on any atom is 0.248 e. The van der Waals surface area contributed by atoms with Crippen LogP contribution in [-0.4, -0.2) is 22.0 Å². The maximum atomic E-state index is 11.4. The number of aromatic nitrogens is 1. The molecule has 6 heteroatoms. The van der Waals surface area contributed by atoms with Crippen molar-refractivity contribution in [1.82, 2.24) is 4.98 Å². The minimum absolute atomic E-state index is 0.310. The number of primary amides is 1. The third kappa shape index (κ3) is 2.45. The number of hydrogen-bond donors (Lipinski definition) is 2. The molecule has 1 saturated carbocycles. The normalized spacial score (nSPS) is 18.0. The summed E-state index contributed by atoms with van der Waals surface area (Å²) in [5, 5.41) is 11.0. The van der Waals surface area contributed by atoms with Gasteiger partial charge < -0.3 is 20.2 Å². The molecule has 1 aliphatic carbocycles. The second-order valence-corrected chi connectivity index (χ2v) is 7.54. The van der Waals surface area contributed by atoms with Crippen LogP contribution in [0, 0.1) is 13.8 Å². The smallest absolute Gasteiger partial charge is 0.248 e. The Morgan fingerprint density at radius 2 is 1.82 bits per heavy atom. The molecule has 1 amide bonds. The Kier molecular flexibility index (Phi) is 3.61. The molecule has 3 N–H and O–H groups in total. The van der Waals surface area contributed by atoms with Crippen molar-refractivity contribution in [2.75, 3.05) is 4.90 Å². The van der Waals surface area contributed by atoms with Crippen molar-refractivity contribution < 1.29 is 14.3 Å². The lowest BCUT2D eigenvalue weighted by Gasteiger charge is -2.36. The average molecular weight is 375 g/mol. The molecule has 1 aliphatic heterocycles. The zero-order valence-electron chi connectivity index (χ0n) is 15.8. The summed E-state index contributed by atoms with van der Waals surface area (Å²) in [7, 11) is 0. The second kappa shape index (κ2) is 5.94. The van der Waals surface area contributed by atoms with Gasteiger partial charge in [0.1, 0.15) is 5.69 Å². The van der Waals surface area contributed by atoms with Crippen molar-refractivity contribution in [2.45, 2.75) is 39.0 Å². The van der Waals surface area contributed by atoms with E-state index in [2.05, 4.69) is 22.9 Å². The fourth-order valence-electron chi connectivity index (χ4n) is 4.14. The first-order valence-electron chi connectivity index (χ1n) is 9.43. The van der Waals surface area contributed by atoms with E-state index in [0.29, 0.717) is 29.0 Å². The van der Waals surface area contributed by atoms with E-state index in [0.717, 1.165) is 40.8 Å². The highest BCUT2D eigenvalue weighted by Crippen LogP contribution is 2.51. The summed E-state index contributed by atoms with van der Waals surface area (Å²) in [6.07, 6.45) is 1.30. The fourth-order valence-corrected chi connectivity index (χ4v) is 4.14. The number of nitrogens with zero attached hydrogens (tertiary/aromatic N) is 2. The number of aliphatic hydroxyl groups excluding tert-OH is 1. The van der Waals surface area contributed by atoms with E-state index in [1.807, 2.05) is 18.2 Å². The van der Waals surface area contributed by atoms with E-state index in [4.69, 9.17) is 10.2 Å². The number of rotatable bonds is 3. The Labute approximate surface area is 162 Å². The van der Waals surface area contributed by atoms with E-state index in [9.17, 15) is 9.90 Å². The molecule has 142 valence electrons. The van der Waals surface area contributed by atoms with Crippen molar-refractivity contribution in [2.24, 2.45) is 5.73 Å². The summed E-state index contributed by atoms with van der Waals surface area (Å²) >= 11 is 0. The molecule has 0 spiro atoms. The minimum Gasteiger partial charge on any atom is -0.440 e. The van der Waals surface area contributed by atoms with E-state index < -0.39 is 12.1 Å². The first-order valence-corrected chi connectivity index (χ1v) is 9.43. The largest absolute Gasteiger partial charge is 0.440 e. The molecular weight excluding hydrogens is 354 g/mol. The second-order valence-electron chi connectivity index (χ2n) is 7.54. The Balaban J connectivity index is 1.69. The number of hydrogen-bond acceptors (Lipinski definition) is 5.